The summed E-state index contributed by atoms with van der Waals surface area (Å²) in [7, 11) is 0. The van der Waals surface area contributed by atoms with E-state index >= 15 is 0 Å². The van der Waals surface area contributed by atoms with Gasteiger partial charge in [-0.2, -0.15) is 0 Å². The first-order valence-electron chi connectivity index (χ1n) is 6.95. The monoisotopic (exact) mass is 269 g/mol. The van der Waals surface area contributed by atoms with Crippen LogP contribution in [-0.2, 0) is 6.42 Å². The second kappa shape index (κ2) is 5.21. The van der Waals surface area contributed by atoms with E-state index in [1.165, 1.54) is 5.56 Å². The molecule has 0 saturated carbocycles. The summed E-state index contributed by atoms with van der Waals surface area (Å²) in [5.74, 6) is 2.04. The van der Waals surface area contributed by atoms with Crippen LogP contribution in [-0.4, -0.2) is 16.6 Å². The number of fused-ring (bicyclic) bond motifs is 1. The molecule has 0 amide bonds. The van der Waals surface area contributed by atoms with Crippen LogP contribution in [0.5, 0.6) is 5.75 Å². The van der Waals surface area contributed by atoms with E-state index in [1.54, 1.807) is 0 Å². The van der Waals surface area contributed by atoms with Gasteiger partial charge in [0.1, 0.15) is 11.6 Å². The van der Waals surface area contributed by atoms with E-state index < -0.39 is 0 Å². The van der Waals surface area contributed by atoms with Crippen LogP contribution in [0.15, 0.2) is 30.5 Å². The van der Waals surface area contributed by atoms with E-state index in [2.05, 4.69) is 16.0 Å². The number of para-hydroxylation sites is 1. The third-order valence-electron chi connectivity index (χ3n) is 3.77. The molecular weight excluding hydrogens is 250 g/mol. The Hall–Kier alpha value is -1.94. The first kappa shape index (κ1) is 13.1. The topological polar surface area (TPSA) is 61.0 Å². The fraction of sp³-hybridized carbons (Fsp3) is 0.375. The highest BCUT2D eigenvalue weighted by atomic mass is 16.5. The van der Waals surface area contributed by atoms with Gasteiger partial charge in [0.25, 0.3) is 0 Å². The van der Waals surface area contributed by atoms with Crippen LogP contribution in [0.25, 0.3) is 0 Å². The van der Waals surface area contributed by atoms with Crippen LogP contribution in [0.2, 0.25) is 0 Å². The van der Waals surface area contributed by atoms with Crippen LogP contribution in [0, 0.1) is 6.92 Å². The standard InChI is InChI=1S/C16H19N3O/c1-10(17)14-8-18-16(19-11(14)2)13-7-12-5-3-4-6-15(12)20-9-13/h3-6,8,10,13H,7,9,17H2,1-2H3/t10-,13?/m0/s1. The fourth-order valence-corrected chi connectivity index (χ4v) is 2.63. The zero-order valence-electron chi connectivity index (χ0n) is 11.8. The maximum atomic E-state index is 5.90. The number of nitrogens with two attached hydrogens (primary N) is 1. The molecule has 0 bridgehead atoms. The van der Waals surface area contributed by atoms with Gasteiger partial charge >= 0.3 is 0 Å². The maximum absolute atomic E-state index is 5.90. The minimum absolute atomic E-state index is 0.0348. The van der Waals surface area contributed by atoms with Gasteiger partial charge in [0.05, 0.1) is 12.5 Å². The first-order chi connectivity index (χ1) is 9.65. The highest BCUT2D eigenvalue weighted by Crippen LogP contribution is 2.31. The minimum atomic E-state index is -0.0348. The smallest absolute Gasteiger partial charge is 0.135 e. The zero-order chi connectivity index (χ0) is 14.1. The van der Waals surface area contributed by atoms with Gasteiger partial charge in [-0.3, -0.25) is 0 Å². The number of nitrogens with zero attached hydrogens (tertiary/aromatic N) is 2. The van der Waals surface area contributed by atoms with Crippen molar-refractivity contribution in [2.75, 3.05) is 6.61 Å². The highest BCUT2D eigenvalue weighted by Gasteiger charge is 2.23. The molecule has 4 nitrogen and oxygen atoms in total. The Morgan fingerprint density at radius 3 is 2.90 bits per heavy atom. The Morgan fingerprint density at radius 2 is 2.15 bits per heavy atom. The normalized spacial score (nSPS) is 19.1. The maximum Gasteiger partial charge on any atom is 0.135 e. The summed E-state index contributed by atoms with van der Waals surface area (Å²) < 4.78 is 5.80. The van der Waals surface area contributed by atoms with Crippen molar-refractivity contribution in [2.24, 2.45) is 5.73 Å². The lowest BCUT2D eigenvalue weighted by molar-refractivity contribution is 0.257. The predicted molar refractivity (Wildman–Crippen MR) is 77.8 cm³/mol. The number of aryl methyl sites for hydroxylation is 1. The lowest BCUT2D eigenvalue weighted by Gasteiger charge is -2.24. The van der Waals surface area contributed by atoms with Crippen LogP contribution in [0.3, 0.4) is 0 Å². The number of ether oxygens (including phenoxy) is 1. The van der Waals surface area contributed by atoms with Crippen LogP contribution in [0.4, 0.5) is 0 Å². The van der Waals surface area contributed by atoms with Gasteiger partial charge in [-0.25, -0.2) is 9.97 Å². The van der Waals surface area contributed by atoms with Crippen molar-refractivity contribution in [1.82, 2.24) is 9.97 Å². The molecule has 1 aromatic heterocycles. The lowest BCUT2D eigenvalue weighted by atomic mass is 9.96. The number of hydrogen-bond acceptors (Lipinski definition) is 4. The molecule has 1 aromatic carbocycles. The summed E-state index contributed by atoms with van der Waals surface area (Å²) in [5.41, 5.74) is 9.09. The number of rotatable bonds is 2. The van der Waals surface area contributed by atoms with E-state index in [1.807, 2.05) is 38.2 Å². The molecule has 2 N–H and O–H groups in total. The van der Waals surface area contributed by atoms with Crippen molar-refractivity contribution in [1.29, 1.82) is 0 Å². The third-order valence-corrected chi connectivity index (χ3v) is 3.77. The molecule has 2 heterocycles. The number of aromatic nitrogens is 2. The summed E-state index contributed by atoms with van der Waals surface area (Å²) in [5, 5.41) is 0. The van der Waals surface area contributed by atoms with Crippen molar-refractivity contribution in [3.8, 4) is 5.75 Å². The average Bonchev–Trinajstić information content (AvgIpc) is 2.46. The van der Waals surface area contributed by atoms with Crippen molar-refractivity contribution < 1.29 is 4.74 Å². The van der Waals surface area contributed by atoms with E-state index in [-0.39, 0.29) is 12.0 Å². The molecule has 20 heavy (non-hydrogen) atoms. The Kier molecular flexibility index (Phi) is 3.40. The number of benzene rings is 1. The molecule has 3 rings (SSSR count). The SMILES string of the molecule is Cc1nc(C2COc3ccccc3C2)ncc1[C@H](C)N. The molecule has 104 valence electrons. The Morgan fingerprint density at radius 1 is 1.35 bits per heavy atom. The highest BCUT2D eigenvalue weighted by molar-refractivity contribution is 5.36. The van der Waals surface area contributed by atoms with Gasteiger partial charge in [0.15, 0.2) is 0 Å². The quantitative estimate of drug-likeness (QED) is 0.910. The lowest BCUT2D eigenvalue weighted by Crippen LogP contribution is -2.22. The van der Waals surface area contributed by atoms with Crippen molar-refractivity contribution in [3.63, 3.8) is 0 Å². The fourth-order valence-electron chi connectivity index (χ4n) is 2.63. The summed E-state index contributed by atoms with van der Waals surface area (Å²) in [4.78, 5) is 9.11. The largest absolute Gasteiger partial charge is 0.493 e. The van der Waals surface area contributed by atoms with Crippen LogP contribution in [0.1, 0.15) is 41.5 Å². The van der Waals surface area contributed by atoms with Gasteiger partial charge in [-0.15, -0.1) is 0 Å². The molecular formula is C16H19N3O. The zero-order valence-corrected chi connectivity index (χ0v) is 11.8. The second-order valence-corrected chi connectivity index (χ2v) is 5.38. The molecule has 0 spiro atoms. The molecule has 1 unspecified atom stereocenters. The van der Waals surface area contributed by atoms with Crippen molar-refractivity contribution in [2.45, 2.75) is 32.2 Å². The van der Waals surface area contributed by atoms with Gasteiger partial charge < -0.3 is 10.5 Å². The second-order valence-electron chi connectivity index (χ2n) is 5.38. The van der Waals surface area contributed by atoms with Crippen molar-refractivity contribution >= 4 is 0 Å². The van der Waals surface area contributed by atoms with Gasteiger partial charge in [-0.1, -0.05) is 18.2 Å². The van der Waals surface area contributed by atoms with Crippen LogP contribution >= 0.6 is 0 Å². The molecule has 1 aliphatic rings. The van der Waals surface area contributed by atoms with E-state index in [0.29, 0.717) is 6.61 Å². The Bertz CT molecular complexity index is 625. The van der Waals surface area contributed by atoms with E-state index in [4.69, 9.17) is 10.5 Å². The molecule has 2 aromatic rings. The van der Waals surface area contributed by atoms with Crippen LogP contribution < -0.4 is 10.5 Å². The Balaban J connectivity index is 1.86. The molecule has 0 saturated heterocycles. The van der Waals surface area contributed by atoms with Crippen molar-refractivity contribution in [3.05, 3.63) is 53.1 Å². The molecule has 0 radical (unpaired) electrons. The number of hydrogen-bond donors (Lipinski definition) is 1. The van der Waals surface area contributed by atoms with Gasteiger partial charge in [0, 0.05) is 23.5 Å². The Labute approximate surface area is 119 Å². The molecule has 4 heteroatoms. The molecule has 0 aliphatic carbocycles. The first-order valence-corrected chi connectivity index (χ1v) is 6.95. The summed E-state index contributed by atoms with van der Waals surface area (Å²) >= 11 is 0. The van der Waals surface area contributed by atoms with E-state index in [0.717, 1.165) is 29.3 Å². The minimum Gasteiger partial charge on any atom is -0.493 e. The summed E-state index contributed by atoms with van der Waals surface area (Å²) in [6.07, 6.45) is 2.77. The predicted octanol–water partition coefficient (Wildman–Crippen LogP) is 2.52. The molecule has 2 atom stereocenters. The van der Waals surface area contributed by atoms with Gasteiger partial charge in [-0.05, 0) is 31.9 Å². The molecule has 1 aliphatic heterocycles. The molecule has 0 fully saturated rings. The van der Waals surface area contributed by atoms with E-state index in [9.17, 15) is 0 Å². The third kappa shape index (κ3) is 2.39. The summed E-state index contributed by atoms with van der Waals surface area (Å²) in [6.45, 7) is 4.57. The van der Waals surface area contributed by atoms with Gasteiger partial charge in [0.2, 0.25) is 0 Å². The average molecular weight is 269 g/mol. The summed E-state index contributed by atoms with van der Waals surface area (Å²) in [6, 6.07) is 8.11.